The van der Waals surface area contributed by atoms with Crippen molar-refractivity contribution in [3.05, 3.63) is 107 Å². The van der Waals surface area contributed by atoms with E-state index in [1.165, 1.54) is 12.1 Å². The lowest BCUT2D eigenvalue weighted by Gasteiger charge is -2.28. The van der Waals surface area contributed by atoms with Crippen LogP contribution in [0.1, 0.15) is 49.1 Å². The Morgan fingerprint density at radius 2 is 1.20 bits per heavy atom. The van der Waals surface area contributed by atoms with Crippen molar-refractivity contribution in [3.63, 3.8) is 0 Å². The molecule has 1 amide bonds. The molecule has 0 aromatic heterocycles. The zero-order valence-corrected chi connectivity index (χ0v) is 23.9. The fourth-order valence-electron chi connectivity index (χ4n) is 3.68. The third kappa shape index (κ3) is 9.75. The van der Waals surface area contributed by atoms with Gasteiger partial charge in [0.15, 0.2) is 0 Å². The molecule has 0 saturated heterocycles. The molecular weight excluding hydrogens is 559 g/mol. The van der Waals surface area contributed by atoms with Gasteiger partial charge in [0.2, 0.25) is 10.2 Å². The lowest BCUT2D eigenvalue weighted by molar-refractivity contribution is -0.137. The predicted molar refractivity (Wildman–Crippen MR) is 153 cm³/mol. The summed E-state index contributed by atoms with van der Waals surface area (Å²) in [4.78, 5) is 40.1. The summed E-state index contributed by atoms with van der Waals surface area (Å²) in [5, 5.41) is 1.56. The minimum atomic E-state index is -4.57. The number of hydrogen-bond donors (Lipinski definition) is 1. The first-order chi connectivity index (χ1) is 18.8. The highest BCUT2D eigenvalue weighted by Crippen LogP contribution is 2.35. The first-order valence-corrected chi connectivity index (χ1v) is 14.4. The Labute approximate surface area is 240 Å². The lowest BCUT2D eigenvalue weighted by Crippen LogP contribution is -2.41. The van der Waals surface area contributed by atoms with Crippen LogP contribution in [0.3, 0.4) is 0 Å². The monoisotopic (exact) mass is 589 g/mol. The number of carbonyl (C=O) groups excluding carboxylic acids is 3. The molecule has 3 aromatic rings. The molecule has 1 atom stereocenters. The van der Waals surface area contributed by atoms with E-state index in [4.69, 9.17) is 4.74 Å². The molecule has 1 N–H and O–H groups in total. The largest absolute Gasteiger partial charge is 0.444 e. The zero-order valence-electron chi connectivity index (χ0n) is 22.2. The molecule has 212 valence electrons. The minimum absolute atomic E-state index is 0.172. The second-order valence-electron chi connectivity index (χ2n) is 9.91. The third-order valence-corrected chi connectivity index (χ3v) is 7.59. The number of amides is 1. The van der Waals surface area contributed by atoms with E-state index in [2.05, 4.69) is 5.32 Å². The van der Waals surface area contributed by atoms with E-state index in [1.54, 1.807) is 20.8 Å². The molecule has 10 heteroatoms. The third-order valence-electron chi connectivity index (χ3n) is 5.56. The summed E-state index contributed by atoms with van der Waals surface area (Å²) < 4.78 is 45.1. The number of benzene rings is 3. The molecule has 3 aromatic carbocycles. The average molecular weight is 590 g/mol. The summed E-state index contributed by atoms with van der Waals surface area (Å²) in [6, 6.07) is 21.2. The van der Waals surface area contributed by atoms with Crippen LogP contribution in [0.25, 0.3) is 0 Å². The number of rotatable bonds is 9. The molecule has 40 heavy (non-hydrogen) atoms. The van der Waals surface area contributed by atoms with E-state index >= 15 is 0 Å². The Morgan fingerprint density at radius 1 is 0.750 bits per heavy atom. The predicted octanol–water partition coefficient (Wildman–Crippen LogP) is 7.81. The van der Waals surface area contributed by atoms with Crippen molar-refractivity contribution in [3.8, 4) is 0 Å². The lowest BCUT2D eigenvalue weighted by atomic mass is 9.94. The quantitative estimate of drug-likeness (QED) is 0.257. The van der Waals surface area contributed by atoms with E-state index in [1.807, 2.05) is 60.7 Å². The van der Waals surface area contributed by atoms with Gasteiger partial charge in [-0.3, -0.25) is 9.59 Å². The highest BCUT2D eigenvalue weighted by molar-refractivity contribution is 8.15. The SMILES string of the molecule is CC(C)(C)OC(=O)N[C@@H](c1ccc(C(F)(F)F)cc1)C(C(=O)SCc1ccccc1)C(=O)SCc1ccccc1. The number of hydrogen-bond acceptors (Lipinski definition) is 6. The van der Waals surface area contributed by atoms with Gasteiger partial charge in [-0.1, -0.05) is 96.3 Å². The maximum atomic E-state index is 13.6. The normalized spacial score (nSPS) is 12.6. The Bertz CT molecular complexity index is 1220. The topological polar surface area (TPSA) is 72.5 Å². The first kappa shape index (κ1) is 31.3. The van der Waals surface area contributed by atoms with Gasteiger partial charge in [0.1, 0.15) is 11.5 Å². The van der Waals surface area contributed by atoms with Crippen LogP contribution in [-0.2, 0) is 32.0 Å². The molecule has 0 aliphatic carbocycles. The molecule has 0 bridgehead atoms. The van der Waals surface area contributed by atoms with Crippen LogP contribution in [0.15, 0.2) is 84.9 Å². The Hall–Kier alpha value is -3.24. The summed E-state index contributed by atoms with van der Waals surface area (Å²) in [7, 11) is 0. The van der Waals surface area contributed by atoms with Crippen LogP contribution >= 0.6 is 23.5 Å². The summed E-state index contributed by atoms with van der Waals surface area (Å²) in [5.41, 5.74) is 0.109. The van der Waals surface area contributed by atoms with Gasteiger partial charge in [-0.05, 0) is 49.6 Å². The standard InChI is InChI=1S/C30H30F3NO4S2/c1-29(2,3)38-28(37)34-25(22-14-16-23(17-15-22)30(31,32)33)24(26(35)39-18-20-10-6-4-7-11-20)27(36)40-19-21-12-8-5-9-13-21/h4-17,24-25H,18-19H2,1-3H3,(H,34,37)/t25-/m0/s1. The Balaban J connectivity index is 1.97. The number of halogens is 3. The number of alkyl carbamates (subject to hydrolysis) is 1. The second-order valence-corrected chi connectivity index (χ2v) is 11.9. The molecular formula is C30H30F3NO4S2. The van der Waals surface area contributed by atoms with Crippen LogP contribution in [0.5, 0.6) is 0 Å². The number of thioether (sulfide) groups is 2. The number of alkyl halides is 3. The summed E-state index contributed by atoms with van der Waals surface area (Å²) in [5.74, 6) is -0.843. The molecule has 5 nitrogen and oxygen atoms in total. The maximum absolute atomic E-state index is 13.6. The van der Waals surface area contributed by atoms with Crippen LogP contribution < -0.4 is 5.32 Å². The molecule has 3 rings (SSSR count). The van der Waals surface area contributed by atoms with E-state index in [0.29, 0.717) is 0 Å². The van der Waals surface area contributed by atoms with Gasteiger partial charge < -0.3 is 10.1 Å². The molecule has 0 fully saturated rings. The van der Waals surface area contributed by atoms with E-state index in [0.717, 1.165) is 46.8 Å². The molecule has 0 unspecified atom stereocenters. The van der Waals surface area contributed by atoms with Gasteiger partial charge in [-0.2, -0.15) is 13.2 Å². The minimum Gasteiger partial charge on any atom is -0.444 e. The highest BCUT2D eigenvalue weighted by Gasteiger charge is 2.39. The van der Waals surface area contributed by atoms with Gasteiger partial charge in [0, 0.05) is 11.5 Å². The highest BCUT2D eigenvalue weighted by atomic mass is 32.2. The number of nitrogens with one attached hydrogen (secondary N) is 1. The molecule has 0 aliphatic rings. The van der Waals surface area contributed by atoms with Crippen LogP contribution in [0, 0.1) is 5.92 Å². The summed E-state index contributed by atoms with van der Waals surface area (Å²) >= 11 is 1.83. The van der Waals surface area contributed by atoms with E-state index in [-0.39, 0.29) is 17.1 Å². The summed E-state index contributed by atoms with van der Waals surface area (Å²) in [6.07, 6.45) is -5.47. The Kier molecular flexibility index (Phi) is 10.9. The van der Waals surface area contributed by atoms with E-state index < -0.39 is 45.6 Å². The first-order valence-electron chi connectivity index (χ1n) is 12.4. The van der Waals surface area contributed by atoms with Crippen LogP contribution in [0.2, 0.25) is 0 Å². The van der Waals surface area contributed by atoms with Crippen LogP contribution in [-0.4, -0.2) is 21.9 Å². The average Bonchev–Trinajstić information content (AvgIpc) is 2.90. The zero-order chi connectivity index (χ0) is 29.3. The van der Waals surface area contributed by atoms with Crippen molar-refractivity contribution < 1.29 is 32.3 Å². The molecule has 0 radical (unpaired) electrons. The molecule has 0 saturated carbocycles. The van der Waals surface area contributed by atoms with Crippen molar-refractivity contribution in [2.45, 2.75) is 50.1 Å². The fourth-order valence-corrected chi connectivity index (χ4v) is 5.60. The summed E-state index contributed by atoms with van der Waals surface area (Å²) in [6.45, 7) is 4.96. The van der Waals surface area contributed by atoms with Gasteiger partial charge in [0.05, 0.1) is 11.6 Å². The Morgan fingerprint density at radius 3 is 1.60 bits per heavy atom. The van der Waals surface area contributed by atoms with Crippen LogP contribution in [0.4, 0.5) is 18.0 Å². The van der Waals surface area contributed by atoms with Crippen molar-refractivity contribution >= 4 is 39.8 Å². The molecule has 0 heterocycles. The molecule has 0 spiro atoms. The van der Waals surface area contributed by atoms with Crippen molar-refractivity contribution in [2.75, 3.05) is 0 Å². The van der Waals surface area contributed by atoms with Gasteiger partial charge in [-0.25, -0.2) is 4.79 Å². The number of carbonyl (C=O) groups is 3. The van der Waals surface area contributed by atoms with Crippen molar-refractivity contribution in [1.82, 2.24) is 5.32 Å². The van der Waals surface area contributed by atoms with Crippen molar-refractivity contribution in [2.24, 2.45) is 5.92 Å². The van der Waals surface area contributed by atoms with Gasteiger partial charge in [-0.15, -0.1) is 0 Å². The van der Waals surface area contributed by atoms with Gasteiger partial charge >= 0.3 is 12.3 Å². The fraction of sp³-hybridized carbons (Fsp3) is 0.300. The van der Waals surface area contributed by atoms with Crippen molar-refractivity contribution in [1.29, 1.82) is 0 Å². The van der Waals surface area contributed by atoms with Gasteiger partial charge in [0.25, 0.3) is 0 Å². The smallest absolute Gasteiger partial charge is 0.416 e. The van der Waals surface area contributed by atoms with E-state index in [9.17, 15) is 27.6 Å². The molecule has 0 aliphatic heterocycles. The maximum Gasteiger partial charge on any atom is 0.416 e. The number of ether oxygens (including phenoxy) is 1. The second kappa shape index (κ2) is 13.9.